The Morgan fingerprint density at radius 3 is 1.68 bits per heavy atom. The molecule has 1 aromatic heterocycles. The first kappa shape index (κ1) is 40.0. The summed E-state index contributed by atoms with van der Waals surface area (Å²) in [5.41, 5.74) is 22.6. The van der Waals surface area contributed by atoms with Crippen LogP contribution in [0.4, 0.5) is 34.1 Å². The summed E-state index contributed by atoms with van der Waals surface area (Å²) in [6, 6.07) is 74.2. The molecule has 0 unspecified atom stereocenters. The Morgan fingerprint density at radius 2 is 0.939 bits per heavy atom. The van der Waals surface area contributed by atoms with Gasteiger partial charge in [0.25, 0.3) is 6.71 Å². The average molecular weight is 851 g/mol. The standard InChI is InChI=1S/C62H51BN2O/c1-61(2,3)45-29-34-54-52(38-45)63-51-32-28-46(62(4,5)6)39-57(51)65(53-33-26-43(40-16-9-7-10-17-40)36-49(53)42-18-11-8-12-19-42)56-22-15-21-55(60(56)63)64(54)47-30-24-41(25-31-47)44-27-35-59-50(37-44)48-20-13-14-23-58(48)66-59/h7-39H,1-6H3. The summed E-state index contributed by atoms with van der Waals surface area (Å²) in [6.07, 6.45) is 0. The van der Waals surface area contributed by atoms with E-state index in [1.54, 1.807) is 0 Å². The monoisotopic (exact) mass is 850 g/mol. The first-order valence-electron chi connectivity index (χ1n) is 23.3. The molecule has 3 heterocycles. The summed E-state index contributed by atoms with van der Waals surface area (Å²) >= 11 is 0. The Labute approximate surface area is 388 Å². The zero-order valence-electron chi connectivity index (χ0n) is 38.4. The third-order valence-corrected chi connectivity index (χ3v) is 14.0. The van der Waals surface area contributed by atoms with E-state index in [0.29, 0.717) is 0 Å². The third kappa shape index (κ3) is 6.50. The predicted molar refractivity (Wildman–Crippen MR) is 281 cm³/mol. The molecule has 0 fully saturated rings. The van der Waals surface area contributed by atoms with Crippen LogP contribution < -0.4 is 26.2 Å². The van der Waals surface area contributed by atoms with Crippen molar-refractivity contribution in [2.75, 3.05) is 9.80 Å². The highest BCUT2D eigenvalue weighted by Crippen LogP contribution is 2.48. The van der Waals surface area contributed by atoms with Crippen molar-refractivity contribution < 1.29 is 4.42 Å². The van der Waals surface area contributed by atoms with Crippen molar-refractivity contribution in [2.45, 2.75) is 52.4 Å². The minimum Gasteiger partial charge on any atom is -0.456 e. The van der Waals surface area contributed by atoms with Gasteiger partial charge in [-0.1, -0.05) is 175 Å². The Morgan fingerprint density at radius 1 is 0.364 bits per heavy atom. The normalized spacial score (nSPS) is 13.2. The van der Waals surface area contributed by atoms with Gasteiger partial charge < -0.3 is 14.2 Å². The summed E-state index contributed by atoms with van der Waals surface area (Å²) in [5.74, 6) is 0. The average Bonchev–Trinajstić information content (AvgIpc) is 3.72. The van der Waals surface area contributed by atoms with Crippen LogP contribution in [-0.2, 0) is 10.8 Å². The fourth-order valence-corrected chi connectivity index (χ4v) is 10.5. The van der Waals surface area contributed by atoms with Gasteiger partial charge in [-0.3, -0.25) is 0 Å². The number of anilines is 6. The maximum atomic E-state index is 6.19. The Hall–Kier alpha value is -7.56. The number of para-hydroxylation sites is 1. The predicted octanol–water partition coefficient (Wildman–Crippen LogP) is 15.3. The Balaban J connectivity index is 1.08. The van der Waals surface area contributed by atoms with Crippen LogP contribution in [0.15, 0.2) is 205 Å². The highest BCUT2D eigenvalue weighted by atomic mass is 16.3. The molecule has 66 heavy (non-hydrogen) atoms. The molecule has 9 aromatic carbocycles. The van der Waals surface area contributed by atoms with Gasteiger partial charge in [-0.2, -0.15) is 0 Å². The fraction of sp³-hybridized carbons (Fsp3) is 0.129. The third-order valence-electron chi connectivity index (χ3n) is 14.0. The molecule has 12 rings (SSSR count). The van der Waals surface area contributed by atoms with Crippen molar-refractivity contribution in [3.05, 3.63) is 211 Å². The summed E-state index contributed by atoms with van der Waals surface area (Å²) in [7, 11) is 0. The van der Waals surface area contributed by atoms with Crippen molar-refractivity contribution in [3.63, 3.8) is 0 Å². The maximum Gasteiger partial charge on any atom is 0.252 e. The second-order valence-electron chi connectivity index (χ2n) is 20.2. The molecule has 318 valence electrons. The van der Waals surface area contributed by atoms with E-state index in [1.165, 1.54) is 83.6 Å². The summed E-state index contributed by atoms with van der Waals surface area (Å²) < 4.78 is 6.19. The number of nitrogens with zero attached hydrogens (tertiary/aromatic N) is 2. The molecule has 2 aliphatic heterocycles. The Bertz CT molecular complexity index is 3500. The number of fused-ring (bicyclic) bond motifs is 7. The van der Waals surface area contributed by atoms with Crippen LogP contribution >= 0.6 is 0 Å². The van der Waals surface area contributed by atoms with Crippen molar-refractivity contribution >= 4 is 79.2 Å². The van der Waals surface area contributed by atoms with Gasteiger partial charge in [0.05, 0.1) is 5.69 Å². The Kier molecular flexibility index (Phi) is 9.09. The molecule has 2 aliphatic rings. The molecule has 4 heteroatoms. The van der Waals surface area contributed by atoms with Crippen molar-refractivity contribution in [2.24, 2.45) is 0 Å². The van der Waals surface area contributed by atoms with Crippen molar-refractivity contribution in [1.29, 1.82) is 0 Å². The SMILES string of the molecule is CC(C)(C)c1ccc2c(c1)B1c3ccc(C(C)(C)C)cc3N(c3ccc(-c4ccccc4)cc3-c3ccccc3)c3cccc(c31)N2c1ccc(-c2ccc3oc4ccccc4c3c2)cc1. The van der Waals surface area contributed by atoms with Crippen LogP contribution in [0, 0.1) is 0 Å². The van der Waals surface area contributed by atoms with Crippen LogP contribution in [0.2, 0.25) is 0 Å². The number of rotatable bonds is 5. The molecule has 0 aliphatic carbocycles. The van der Waals surface area contributed by atoms with E-state index in [2.05, 4.69) is 239 Å². The molecule has 0 spiro atoms. The van der Waals surface area contributed by atoms with E-state index < -0.39 is 0 Å². The van der Waals surface area contributed by atoms with E-state index in [9.17, 15) is 0 Å². The summed E-state index contributed by atoms with van der Waals surface area (Å²) in [6.45, 7) is 14.0. The van der Waals surface area contributed by atoms with E-state index >= 15 is 0 Å². The molecule has 0 saturated heterocycles. The summed E-state index contributed by atoms with van der Waals surface area (Å²) in [4.78, 5) is 5.09. The van der Waals surface area contributed by atoms with E-state index in [-0.39, 0.29) is 17.5 Å². The lowest BCUT2D eigenvalue weighted by atomic mass is 9.33. The van der Waals surface area contributed by atoms with Gasteiger partial charge >= 0.3 is 0 Å². The van der Waals surface area contributed by atoms with Crippen LogP contribution in [0.1, 0.15) is 52.7 Å². The van der Waals surface area contributed by atoms with Crippen molar-refractivity contribution in [1.82, 2.24) is 0 Å². The lowest BCUT2D eigenvalue weighted by Crippen LogP contribution is -2.61. The van der Waals surface area contributed by atoms with Gasteiger partial charge in [0.1, 0.15) is 11.2 Å². The lowest BCUT2D eigenvalue weighted by Gasteiger charge is -2.45. The molecule has 10 aromatic rings. The lowest BCUT2D eigenvalue weighted by molar-refractivity contribution is 0.590. The van der Waals surface area contributed by atoms with Gasteiger partial charge in [0, 0.05) is 44.8 Å². The van der Waals surface area contributed by atoms with Gasteiger partial charge in [0.15, 0.2) is 0 Å². The van der Waals surface area contributed by atoms with E-state index in [0.717, 1.165) is 33.3 Å². The molecule has 0 radical (unpaired) electrons. The number of benzene rings is 9. The maximum absolute atomic E-state index is 6.19. The molecule has 0 saturated carbocycles. The topological polar surface area (TPSA) is 19.6 Å². The first-order chi connectivity index (χ1) is 32.0. The number of hydrogen-bond donors (Lipinski definition) is 0. The number of hydrogen-bond acceptors (Lipinski definition) is 3. The summed E-state index contributed by atoms with van der Waals surface area (Å²) in [5, 5.41) is 2.28. The highest BCUT2D eigenvalue weighted by Gasteiger charge is 2.44. The molecule has 0 N–H and O–H groups in total. The molecule has 3 nitrogen and oxygen atoms in total. The van der Waals surface area contributed by atoms with Gasteiger partial charge in [-0.15, -0.1) is 0 Å². The number of furan rings is 1. The first-order valence-corrected chi connectivity index (χ1v) is 23.3. The molecular weight excluding hydrogens is 800 g/mol. The molecular formula is C62H51BN2O. The minimum absolute atomic E-state index is 0.0181. The molecule has 0 atom stereocenters. The van der Waals surface area contributed by atoms with Crippen LogP contribution in [0.5, 0.6) is 0 Å². The quantitative estimate of drug-likeness (QED) is 0.161. The van der Waals surface area contributed by atoms with Gasteiger partial charge in [-0.05, 0) is 133 Å². The van der Waals surface area contributed by atoms with E-state index in [4.69, 9.17) is 4.42 Å². The van der Waals surface area contributed by atoms with Crippen LogP contribution in [-0.4, -0.2) is 6.71 Å². The zero-order valence-corrected chi connectivity index (χ0v) is 38.4. The minimum atomic E-state index is -0.0485. The van der Waals surface area contributed by atoms with Gasteiger partial charge in [-0.25, -0.2) is 0 Å². The van der Waals surface area contributed by atoms with Crippen LogP contribution in [0.25, 0.3) is 55.3 Å². The fourth-order valence-electron chi connectivity index (χ4n) is 10.5. The van der Waals surface area contributed by atoms with Crippen molar-refractivity contribution in [3.8, 4) is 33.4 Å². The smallest absolute Gasteiger partial charge is 0.252 e. The second-order valence-corrected chi connectivity index (χ2v) is 20.2. The van der Waals surface area contributed by atoms with E-state index in [1.807, 2.05) is 12.1 Å². The molecule has 0 amide bonds. The molecule has 0 bridgehead atoms. The zero-order chi connectivity index (χ0) is 44.9. The largest absolute Gasteiger partial charge is 0.456 e. The van der Waals surface area contributed by atoms with Gasteiger partial charge in [0.2, 0.25) is 0 Å². The van der Waals surface area contributed by atoms with Crippen LogP contribution in [0.3, 0.4) is 0 Å². The highest BCUT2D eigenvalue weighted by molar-refractivity contribution is 7.00. The second kappa shape index (κ2) is 15.0.